The second kappa shape index (κ2) is 12.5. The number of nitrogens with zero attached hydrogens (tertiary/aromatic N) is 6. The minimum Gasteiger partial charge on any atom is -0.480 e. The summed E-state index contributed by atoms with van der Waals surface area (Å²) in [5.74, 6) is -0.193. The molecule has 0 aliphatic heterocycles. The largest absolute Gasteiger partial charge is 0.480 e. The first-order valence-electron chi connectivity index (χ1n) is 11.8. The van der Waals surface area contributed by atoms with Gasteiger partial charge in [-0.25, -0.2) is 19.6 Å². The van der Waals surface area contributed by atoms with Crippen LogP contribution in [0.25, 0.3) is 5.69 Å². The predicted molar refractivity (Wildman–Crippen MR) is 151 cm³/mol. The van der Waals surface area contributed by atoms with Gasteiger partial charge in [-0.05, 0) is 44.9 Å². The van der Waals surface area contributed by atoms with E-state index in [0.29, 0.717) is 25.5 Å². The number of benzene rings is 1. The average molecular weight is 559 g/mol. The van der Waals surface area contributed by atoms with Crippen LogP contribution >= 0.6 is 35.5 Å². The lowest BCUT2D eigenvalue weighted by molar-refractivity contribution is -0.138. The Morgan fingerprint density at radius 1 is 1.14 bits per heavy atom. The van der Waals surface area contributed by atoms with Crippen molar-refractivity contribution in [2.24, 2.45) is 0 Å². The van der Waals surface area contributed by atoms with Gasteiger partial charge in [0.25, 0.3) is 0 Å². The van der Waals surface area contributed by atoms with Crippen LogP contribution in [0.3, 0.4) is 0 Å². The molecule has 4 rings (SSSR count). The van der Waals surface area contributed by atoms with Crippen molar-refractivity contribution >= 4 is 47.4 Å². The topological polar surface area (TPSA) is 97.0 Å². The van der Waals surface area contributed by atoms with Gasteiger partial charge in [0.15, 0.2) is 4.34 Å². The molecule has 0 radical (unpaired) electrons. The number of carbonyl (C=O) groups is 1. The molecule has 1 aromatic carbocycles. The Bertz CT molecular complexity index is 1310. The van der Waals surface area contributed by atoms with E-state index in [1.807, 2.05) is 34.8 Å². The average Bonchev–Trinajstić information content (AvgIpc) is 3.51. The Morgan fingerprint density at radius 2 is 1.84 bits per heavy atom. The Kier molecular flexibility index (Phi) is 9.69. The molecule has 0 amide bonds. The van der Waals surface area contributed by atoms with Gasteiger partial charge < -0.3 is 10.0 Å². The molecule has 3 aromatic heterocycles. The van der Waals surface area contributed by atoms with Gasteiger partial charge in [0.1, 0.15) is 4.75 Å². The first-order valence-corrected chi connectivity index (χ1v) is 13.5. The molecule has 0 bridgehead atoms. The molecular formula is C26H31ClN6O2S2. The molecule has 0 unspecified atom stereocenters. The second-order valence-electron chi connectivity index (χ2n) is 9.07. The quantitative estimate of drug-likeness (QED) is 0.237. The van der Waals surface area contributed by atoms with Crippen LogP contribution in [-0.4, -0.2) is 47.1 Å². The molecule has 8 nitrogen and oxygen atoms in total. The number of rotatable bonds is 11. The van der Waals surface area contributed by atoms with E-state index in [1.165, 1.54) is 28.7 Å². The fraction of sp³-hybridized carbons (Fsp3) is 0.346. The molecule has 0 fully saturated rings. The van der Waals surface area contributed by atoms with Gasteiger partial charge in [0.05, 0.1) is 17.6 Å². The number of aryl methyl sites for hydroxylation is 2. The highest BCUT2D eigenvalue weighted by Gasteiger charge is 2.29. The van der Waals surface area contributed by atoms with Gasteiger partial charge in [-0.15, -0.1) is 23.7 Å². The summed E-state index contributed by atoms with van der Waals surface area (Å²) >= 11 is 2.75. The van der Waals surface area contributed by atoms with E-state index in [9.17, 15) is 9.90 Å². The molecule has 0 atom stereocenters. The van der Waals surface area contributed by atoms with Crippen molar-refractivity contribution in [3.63, 3.8) is 0 Å². The van der Waals surface area contributed by atoms with Crippen molar-refractivity contribution in [1.82, 2.24) is 24.7 Å². The summed E-state index contributed by atoms with van der Waals surface area (Å²) in [6.07, 6.45) is 9.22. The molecule has 3 heterocycles. The Labute approximate surface area is 231 Å². The van der Waals surface area contributed by atoms with Crippen LogP contribution in [0, 0.1) is 6.92 Å². The maximum Gasteiger partial charge on any atom is 0.319 e. The number of aliphatic carboxylic acids is 1. The van der Waals surface area contributed by atoms with Gasteiger partial charge in [0.2, 0.25) is 5.95 Å². The van der Waals surface area contributed by atoms with Crippen molar-refractivity contribution in [3.8, 4) is 5.69 Å². The minimum atomic E-state index is -0.923. The van der Waals surface area contributed by atoms with E-state index >= 15 is 0 Å². The molecule has 37 heavy (non-hydrogen) atoms. The van der Waals surface area contributed by atoms with Gasteiger partial charge in [-0.3, -0.25) is 4.79 Å². The van der Waals surface area contributed by atoms with Crippen molar-refractivity contribution < 1.29 is 9.90 Å². The molecule has 0 saturated carbocycles. The second-order valence-corrected chi connectivity index (χ2v) is 11.8. The van der Waals surface area contributed by atoms with Crippen LogP contribution in [-0.2, 0) is 24.2 Å². The van der Waals surface area contributed by atoms with Crippen LogP contribution in [0.2, 0.25) is 0 Å². The molecule has 0 saturated heterocycles. The number of carboxylic acids is 1. The third-order valence-electron chi connectivity index (χ3n) is 5.72. The zero-order chi connectivity index (χ0) is 25.7. The van der Waals surface area contributed by atoms with E-state index in [-0.39, 0.29) is 12.4 Å². The predicted octanol–water partition coefficient (Wildman–Crippen LogP) is 5.62. The molecule has 196 valence electrons. The third kappa shape index (κ3) is 7.53. The number of aromatic nitrogens is 5. The monoisotopic (exact) mass is 558 g/mol. The Balaban J connectivity index is 0.00000380. The van der Waals surface area contributed by atoms with Crippen LogP contribution in [0.15, 0.2) is 58.8 Å². The lowest BCUT2D eigenvalue weighted by Crippen LogP contribution is -2.27. The number of hydrogen-bond acceptors (Lipinski definition) is 8. The van der Waals surface area contributed by atoms with Gasteiger partial charge in [-0.2, -0.15) is 5.10 Å². The summed E-state index contributed by atoms with van der Waals surface area (Å²) in [7, 11) is 0. The first-order chi connectivity index (χ1) is 17.2. The fourth-order valence-electron chi connectivity index (χ4n) is 3.41. The minimum absolute atomic E-state index is 0. The number of hydrogen-bond donors (Lipinski definition) is 1. The van der Waals surface area contributed by atoms with Crippen LogP contribution in [0.4, 0.5) is 5.95 Å². The highest BCUT2D eigenvalue weighted by molar-refractivity contribution is 8.03. The number of anilines is 1. The van der Waals surface area contributed by atoms with Crippen molar-refractivity contribution in [2.75, 3.05) is 11.4 Å². The van der Waals surface area contributed by atoms with E-state index in [1.54, 1.807) is 13.8 Å². The summed E-state index contributed by atoms with van der Waals surface area (Å²) in [5.41, 5.74) is 5.29. The molecular weight excluding hydrogens is 528 g/mol. The van der Waals surface area contributed by atoms with E-state index in [4.69, 9.17) is 0 Å². The van der Waals surface area contributed by atoms with Crippen molar-refractivity contribution in [3.05, 3.63) is 76.8 Å². The number of halogens is 1. The Morgan fingerprint density at radius 3 is 2.49 bits per heavy atom. The maximum absolute atomic E-state index is 11.5. The van der Waals surface area contributed by atoms with E-state index in [0.717, 1.165) is 33.3 Å². The van der Waals surface area contributed by atoms with Crippen LogP contribution < -0.4 is 4.90 Å². The van der Waals surface area contributed by atoms with Crippen LogP contribution in [0.5, 0.6) is 0 Å². The highest BCUT2D eigenvalue weighted by atomic mass is 35.5. The van der Waals surface area contributed by atoms with E-state index in [2.05, 4.69) is 63.1 Å². The standard InChI is InChI=1S/C26H30N6O2S2.ClH/c1-5-19-12-27-24(28-13-19)31(11-10-21-17-35-25(30-21)36-26(3,4)23(33)34)15-20-14-29-32(16-20)22-8-6-18(2)7-9-22;/h6-9,12-14,16-17H,5,10-11,15H2,1-4H3,(H,33,34);1H. The number of carboxylic acid groups (broad SMARTS) is 1. The van der Waals surface area contributed by atoms with E-state index < -0.39 is 10.7 Å². The summed E-state index contributed by atoms with van der Waals surface area (Å²) in [4.78, 5) is 27.5. The highest BCUT2D eigenvalue weighted by Crippen LogP contribution is 2.34. The SMILES string of the molecule is CCc1cnc(N(CCc2csc(SC(C)(C)C(=O)O)n2)Cc2cnn(-c3ccc(C)cc3)c2)nc1.Cl. The maximum atomic E-state index is 11.5. The summed E-state index contributed by atoms with van der Waals surface area (Å²) in [5, 5.41) is 15.9. The molecule has 4 aromatic rings. The van der Waals surface area contributed by atoms with Gasteiger partial charge in [0, 0.05) is 49.0 Å². The third-order valence-corrected chi connectivity index (χ3v) is 7.89. The number of thiazole rings is 1. The lowest BCUT2D eigenvalue weighted by Gasteiger charge is -2.21. The summed E-state index contributed by atoms with van der Waals surface area (Å²) in [6.45, 7) is 8.80. The zero-order valence-electron chi connectivity index (χ0n) is 21.3. The molecule has 0 spiro atoms. The van der Waals surface area contributed by atoms with Crippen molar-refractivity contribution in [1.29, 1.82) is 0 Å². The molecule has 1 N–H and O–H groups in total. The number of thioether (sulfide) groups is 1. The van der Waals surface area contributed by atoms with Crippen molar-refractivity contribution in [2.45, 2.75) is 56.2 Å². The van der Waals surface area contributed by atoms with Gasteiger partial charge in [-0.1, -0.05) is 36.4 Å². The molecule has 0 aliphatic rings. The van der Waals surface area contributed by atoms with Gasteiger partial charge >= 0.3 is 5.97 Å². The molecule has 11 heteroatoms. The normalized spacial score (nSPS) is 11.2. The fourth-order valence-corrected chi connectivity index (χ4v) is 5.63. The summed E-state index contributed by atoms with van der Waals surface area (Å²) in [6, 6.07) is 8.26. The molecule has 0 aliphatic carbocycles. The lowest BCUT2D eigenvalue weighted by atomic mass is 10.2. The zero-order valence-corrected chi connectivity index (χ0v) is 23.7. The van der Waals surface area contributed by atoms with Crippen LogP contribution in [0.1, 0.15) is 43.2 Å². The first kappa shape index (κ1) is 28.6. The smallest absolute Gasteiger partial charge is 0.319 e. The Hall–Kier alpha value is -2.95. The summed E-state index contributed by atoms with van der Waals surface area (Å²) < 4.78 is 1.71.